The lowest BCUT2D eigenvalue weighted by atomic mass is 9.75. The molecule has 1 aliphatic rings. The Balaban J connectivity index is 2.78. The van der Waals surface area contributed by atoms with Gasteiger partial charge in [0.2, 0.25) is 0 Å². The molecule has 0 atom stereocenters. The topological polar surface area (TPSA) is 18.5 Å². The van der Waals surface area contributed by atoms with Crippen LogP contribution in [0.15, 0.2) is 11.5 Å². The van der Waals surface area contributed by atoms with Gasteiger partial charge in [-0.15, -0.1) is 0 Å². The van der Waals surface area contributed by atoms with E-state index in [9.17, 15) is 0 Å². The third-order valence-electron chi connectivity index (χ3n) is 3.47. The summed E-state index contributed by atoms with van der Waals surface area (Å²) in [7, 11) is -0.153. The van der Waals surface area contributed by atoms with Crippen LogP contribution < -0.4 is 0 Å². The average molecular weight is 210 g/mol. The standard InChI is InChI=1S/C12H23BO2/c1-7-9-10(8-2)13-14-11(3,4)12(5,6)15-13/h8H,7,9H2,1-6H3/b10-8+. The van der Waals surface area contributed by atoms with Crippen LogP contribution in [0.25, 0.3) is 0 Å². The number of hydrogen-bond donors (Lipinski definition) is 0. The molecule has 3 heteroatoms. The third kappa shape index (κ3) is 2.45. The van der Waals surface area contributed by atoms with Gasteiger partial charge in [-0.05, 0) is 46.5 Å². The van der Waals surface area contributed by atoms with E-state index in [1.54, 1.807) is 0 Å². The molecule has 0 radical (unpaired) electrons. The summed E-state index contributed by atoms with van der Waals surface area (Å²) < 4.78 is 12.0. The fourth-order valence-electron chi connectivity index (χ4n) is 1.68. The van der Waals surface area contributed by atoms with Gasteiger partial charge in [0.25, 0.3) is 0 Å². The summed E-state index contributed by atoms with van der Waals surface area (Å²) in [4.78, 5) is 0. The lowest BCUT2D eigenvalue weighted by Crippen LogP contribution is -2.41. The summed E-state index contributed by atoms with van der Waals surface area (Å²) in [6.45, 7) is 12.6. The summed E-state index contributed by atoms with van der Waals surface area (Å²) in [6, 6.07) is 0. The third-order valence-corrected chi connectivity index (χ3v) is 3.47. The fraction of sp³-hybridized carbons (Fsp3) is 0.833. The SMILES string of the molecule is C/C=C(\CCC)B1OC(C)(C)C(C)(C)O1. The van der Waals surface area contributed by atoms with Gasteiger partial charge in [-0.25, -0.2) is 0 Å². The quantitative estimate of drug-likeness (QED) is 0.665. The molecule has 2 nitrogen and oxygen atoms in total. The largest absolute Gasteiger partial charge is 0.490 e. The van der Waals surface area contributed by atoms with Crippen molar-refractivity contribution in [1.82, 2.24) is 0 Å². The lowest BCUT2D eigenvalue weighted by molar-refractivity contribution is 0.00578. The lowest BCUT2D eigenvalue weighted by Gasteiger charge is -2.32. The Kier molecular flexibility index (Phi) is 3.67. The molecular formula is C12H23BO2. The summed E-state index contributed by atoms with van der Waals surface area (Å²) in [5, 5.41) is 0. The molecule has 86 valence electrons. The van der Waals surface area contributed by atoms with Gasteiger partial charge in [0.05, 0.1) is 11.2 Å². The summed E-state index contributed by atoms with van der Waals surface area (Å²) in [5.74, 6) is 0. The zero-order valence-corrected chi connectivity index (χ0v) is 10.9. The van der Waals surface area contributed by atoms with Crippen molar-refractivity contribution in [2.24, 2.45) is 0 Å². The molecule has 0 N–H and O–H groups in total. The Morgan fingerprint density at radius 2 is 1.60 bits per heavy atom. The summed E-state index contributed by atoms with van der Waals surface area (Å²) in [6.07, 6.45) is 4.29. The van der Waals surface area contributed by atoms with E-state index in [0.29, 0.717) is 0 Å². The molecule has 1 saturated heterocycles. The summed E-state index contributed by atoms with van der Waals surface area (Å²) in [5.41, 5.74) is 0.815. The van der Waals surface area contributed by atoms with Crippen LogP contribution in [0.3, 0.4) is 0 Å². The zero-order chi connectivity index (χ0) is 11.7. The highest BCUT2D eigenvalue weighted by Crippen LogP contribution is 2.39. The maximum Gasteiger partial charge on any atom is 0.490 e. The minimum Gasteiger partial charge on any atom is -0.400 e. The van der Waals surface area contributed by atoms with Gasteiger partial charge < -0.3 is 9.31 Å². The highest BCUT2D eigenvalue weighted by molar-refractivity contribution is 6.54. The first kappa shape index (κ1) is 12.8. The molecule has 1 rings (SSSR count). The van der Waals surface area contributed by atoms with Gasteiger partial charge in [0.15, 0.2) is 0 Å². The molecule has 0 aliphatic carbocycles. The molecule has 0 saturated carbocycles. The van der Waals surface area contributed by atoms with Gasteiger partial charge in [0.1, 0.15) is 0 Å². The van der Waals surface area contributed by atoms with E-state index in [2.05, 4.69) is 47.6 Å². The van der Waals surface area contributed by atoms with Crippen molar-refractivity contribution in [3.8, 4) is 0 Å². The molecule has 0 aromatic carbocycles. The van der Waals surface area contributed by atoms with Crippen LogP contribution in [0.1, 0.15) is 54.4 Å². The highest BCUT2D eigenvalue weighted by Gasteiger charge is 2.51. The molecular weight excluding hydrogens is 187 g/mol. The van der Waals surface area contributed by atoms with Crippen LogP contribution in [0, 0.1) is 0 Å². The molecule has 1 aliphatic heterocycles. The minimum atomic E-state index is -0.223. The molecule has 1 heterocycles. The van der Waals surface area contributed by atoms with Crippen molar-refractivity contribution in [2.75, 3.05) is 0 Å². The predicted octanol–water partition coefficient (Wildman–Crippen LogP) is 3.36. The van der Waals surface area contributed by atoms with Crippen LogP contribution in [0.5, 0.6) is 0 Å². The monoisotopic (exact) mass is 210 g/mol. The van der Waals surface area contributed by atoms with Crippen molar-refractivity contribution in [3.05, 3.63) is 11.5 Å². The maximum atomic E-state index is 5.98. The van der Waals surface area contributed by atoms with E-state index in [4.69, 9.17) is 9.31 Å². The second-order valence-electron chi connectivity index (χ2n) is 5.20. The van der Waals surface area contributed by atoms with Gasteiger partial charge in [0, 0.05) is 0 Å². The van der Waals surface area contributed by atoms with Crippen molar-refractivity contribution in [1.29, 1.82) is 0 Å². The van der Waals surface area contributed by atoms with Crippen LogP contribution in [0.2, 0.25) is 0 Å². The van der Waals surface area contributed by atoms with Gasteiger partial charge in [-0.1, -0.05) is 19.4 Å². The Labute approximate surface area is 94.2 Å². The molecule has 0 aromatic heterocycles. The van der Waals surface area contributed by atoms with Crippen LogP contribution >= 0.6 is 0 Å². The Morgan fingerprint density at radius 3 is 1.93 bits per heavy atom. The van der Waals surface area contributed by atoms with Crippen LogP contribution in [0.4, 0.5) is 0 Å². The molecule has 0 bridgehead atoms. The first-order valence-electron chi connectivity index (χ1n) is 5.85. The van der Waals surface area contributed by atoms with Crippen molar-refractivity contribution in [3.63, 3.8) is 0 Å². The summed E-state index contributed by atoms with van der Waals surface area (Å²) >= 11 is 0. The number of allylic oxidation sites excluding steroid dienone is 2. The number of hydrogen-bond acceptors (Lipinski definition) is 2. The van der Waals surface area contributed by atoms with Gasteiger partial charge >= 0.3 is 7.12 Å². The normalized spacial score (nSPS) is 24.7. The first-order chi connectivity index (χ1) is 6.84. The van der Waals surface area contributed by atoms with Gasteiger partial charge in [-0.3, -0.25) is 0 Å². The van der Waals surface area contributed by atoms with Crippen molar-refractivity contribution >= 4 is 7.12 Å². The fourth-order valence-corrected chi connectivity index (χ4v) is 1.68. The molecule has 0 amide bonds. The second-order valence-corrected chi connectivity index (χ2v) is 5.20. The molecule has 0 aromatic rings. The first-order valence-corrected chi connectivity index (χ1v) is 5.85. The van der Waals surface area contributed by atoms with Crippen LogP contribution in [-0.2, 0) is 9.31 Å². The highest BCUT2D eigenvalue weighted by atomic mass is 16.7. The van der Waals surface area contributed by atoms with Gasteiger partial charge in [-0.2, -0.15) is 0 Å². The van der Waals surface area contributed by atoms with Crippen molar-refractivity contribution in [2.45, 2.75) is 65.6 Å². The number of rotatable bonds is 3. The van der Waals surface area contributed by atoms with E-state index in [0.717, 1.165) is 12.8 Å². The predicted molar refractivity (Wildman–Crippen MR) is 64.7 cm³/mol. The Hall–Kier alpha value is -0.275. The van der Waals surface area contributed by atoms with E-state index >= 15 is 0 Å². The van der Waals surface area contributed by atoms with E-state index in [-0.39, 0.29) is 18.3 Å². The Morgan fingerprint density at radius 1 is 1.13 bits per heavy atom. The molecule has 0 unspecified atom stereocenters. The van der Waals surface area contributed by atoms with E-state index < -0.39 is 0 Å². The molecule has 0 spiro atoms. The van der Waals surface area contributed by atoms with E-state index in [1.807, 2.05) is 0 Å². The molecule has 15 heavy (non-hydrogen) atoms. The maximum absolute atomic E-state index is 5.98. The van der Waals surface area contributed by atoms with E-state index in [1.165, 1.54) is 5.47 Å². The zero-order valence-electron chi connectivity index (χ0n) is 10.9. The average Bonchev–Trinajstić information content (AvgIpc) is 2.32. The molecule has 1 fully saturated rings. The van der Waals surface area contributed by atoms with Crippen LogP contribution in [-0.4, -0.2) is 18.3 Å². The smallest absolute Gasteiger partial charge is 0.400 e. The Bertz CT molecular complexity index is 240. The second kappa shape index (κ2) is 4.30. The van der Waals surface area contributed by atoms with Crippen molar-refractivity contribution < 1.29 is 9.31 Å². The minimum absolute atomic E-state index is 0.153.